The fourth-order valence-electron chi connectivity index (χ4n) is 6.83. The number of halogens is 1. The van der Waals surface area contributed by atoms with Gasteiger partial charge in [-0.2, -0.15) is 0 Å². The van der Waals surface area contributed by atoms with Gasteiger partial charge in [-0.05, 0) is 36.1 Å². The van der Waals surface area contributed by atoms with E-state index in [1.54, 1.807) is 12.1 Å². The molecule has 9 heteroatoms. The van der Waals surface area contributed by atoms with Crippen LogP contribution in [0.5, 0.6) is 0 Å². The van der Waals surface area contributed by atoms with Gasteiger partial charge in [0.1, 0.15) is 11.6 Å². The van der Waals surface area contributed by atoms with Gasteiger partial charge in [0.25, 0.3) is 0 Å². The van der Waals surface area contributed by atoms with Crippen molar-refractivity contribution in [1.29, 1.82) is 0 Å². The molecule has 1 spiro atoms. The Morgan fingerprint density at radius 3 is 2.20 bits per heavy atom. The van der Waals surface area contributed by atoms with Crippen LogP contribution in [-0.2, 0) is 32.1 Å². The molecule has 212 valence electrons. The van der Waals surface area contributed by atoms with Gasteiger partial charge < -0.3 is 25.4 Å². The van der Waals surface area contributed by atoms with Crippen molar-refractivity contribution < 1.29 is 24.2 Å². The first-order chi connectivity index (χ1) is 19.9. The number of likely N-dealkylation sites (tertiary alicyclic amines) is 1. The zero-order chi connectivity index (χ0) is 28.6. The number of aliphatic hydroxyl groups is 1. The molecule has 41 heavy (non-hydrogen) atoms. The van der Waals surface area contributed by atoms with Gasteiger partial charge in [-0.3, -0.25) is 14.4 Å². The first kappa shape index (κ1) is 27.6. The van der Waals surface area contributed by atoms with Crippen molar-refractivity contribution in [3.05, 3.63) is 102 Å². The second-order valence-electron chi connectivity index (χ2n) is 11.0. The number of amides is 3. The number of hydrogen-bond acceptors (Lipinski definition) is 5. The molecular weight excluding hydrogens is 586 g/mol. The Bertz CT molecular complexity index is 1410. The molecule has 0 aliphatic carbocycles. The van der Waals surface area contributed by atoms with E-state index >= 15 is 0 Å². The van der Waals surface area contributed by atoms with Crippen LogP contribution in [0.2, 0.25) is 0 Å². The van der Waals surface area contributed by atoms with Gasteiger partial charge in [0.15, 0.2) is 0 Å². The van der Waals surface area contributed by atoms with Crippen molar-refractivity contribution in [2.24, 2.45) is 11.8 Å². The van der Waals surface area contributed by atoms with Crippen LogP contribution >= 0.6 is 15.9 Å². The highest BCUT2D eigenvalue weighted by atomic mass is 79.9. The van der Waals surface area contributed by atoms with Crippen LogP contribution in [0.3, 0.4) is 0 Å². The summed E-state index contributed by atoms with van der Waals surface area (Å²) in [5.74, 6) is -2.68. The molecule has 0 aromatic heterocycles. The molecule has 3 unspecified atom stereocenters. The number of nitrogens with zero attached hydrogens (tertiary/aromatic N) is 1. The Morgan fingerprint density at radius 1 is 0.951 bits per heavy atom. The fraction of sp³-hybridized carbons (Fsp3) is 0.344. The number of aliphatic hydroxyl groups excluding tert-OH is 1. The molecule has 0 saturated carbocycles. The van der Waals surface area contributed by atoms with Gasteiger partial charge >= 0.3 is 0 Å². The zero-order valence-electron chi connectivity index (χ0n) is 22.4. The maximum absolute atomic E-state index is 14.4. The van der Waals surface area contributed by atoms with Gasteiger partial charge in [-0.15, -0.1) is 0 Å². The Balaban J connectivity index is 1.36. The minimum absolute atomic E-state index is 0.218. The molecule has 2 bridgehead atoms. The predicted octanol–water partition coefficient (Wildman–Crippen LogP) is 3.29. The number of carbonyl (C=O) groups is 3. The van der Waals surface area contributed by atoms with Gasteiger partial charge in [0.05, 0.1) is 30.6 Å². The van der Waals surface area contributed by atoms with E-state index in [9.17, 15) is 19.5 Å². The molecule has 3 aromatic rings. The highest BCUT2D eigenvalue weighted by molar-refractivity contribution is 9.09. The van der Waals surface area contributed by atoms with Crippen molar-refractivity contribution in [2.45, 2.75) is 48.0 Å². The minimum atomic E-state index is -1.21. The lowest BCUT2D eigenvalue weighted by molar-refractivity contribution is -0.145. The summed E-state index contributed by atoms with van der Waals surface area (Å²) in [6.45, 7) is -0.0610. The van der Waals surface area contributed by atoms with Crippen molar-refractivity contribution in [1.82, 2.24) is 10.2 Å². The molecule has 3 N–H and O–H groups in total. The molecule has 7 atom stereocenters. The number of ether oxygens (including phenoxy) is 1. The van der Waals surface area contributed by atoms with Crippen molar-refractivity contribution in [3.63, 3.8) is 0 Å². The van der Waals surface area contributed by atoms with E-state index < -0.39 is 35.6 Å². The number of rotatable bonds is 9. The van der Waals surface area contributed by atoms with Crippen molar-refractivity contribution >= 4 is 39.3 Å². The Hall–Kier alpha value is -3.53. The number of para-hydroxylation sites is 1. The van der Waals surface area contributed by atoms with E-state index in [1.165, 1.54) is 4.90 Å². The molecule has 3 saturated heterocycles. The Morgan fingerprint density at radius 2 is 1.56 bits per heavy atom. The molecular formula is C32H32BrN3O5. The lowest BCUT2D eigenvalue weighted by Gasteiger charge is -2.37. The lowest BCUT2D eigenvalue weighted by atomic mass is 9.70. The smallest absolute Gasteiger partial charge is 0.246 e. The van der Waals surface area contributed by atoms with E-state index in [0.29, 0.717) is 18.5 Å². The second-order valence-corrected chi connectivity index (χ2v) is 12.2. The van der Waals surface area contributed by atoms with E-state index in [0.717, 1.165) is 11.1 Å². The van der Waals surface area contributed by atoms with Crippen LogP contribution in [0.4, 0.5) is 5.69 Å². The van der Waals surface area contributed by atoms with Gasteiger partial charge in [-0.25, -0.2) is 0 Å². The third-order valence-corrected chi connectivity index (χ3v) is 9.39. The molecule has 8 nitrogen and oxygen atoms in total. The standard InChI is InChI=1S/C32H32BrN3O5/c33-24-17-32-26(25(27(24)41-32)29(38)35-22-14-8-3-9-15-22)31(40)36(23(19-37)16-20-10-4-1-5-11-20)28(32)30(39)34-18-21-12-6-2-7-13-21/h1-15,23-28,37H,16-19H2,(H,34,39)(H,35,38)/t23-,24?,25-,26+,27-,28?,32?/m1/s1. The summed E-state index contributed by atoms with van der Waals surface area (Å²) in [6, 6.07) is 26.5. The van der Waals surface area contributed by atoms with Gasteiger partial charge in [-0.1, -0.05) is 94.8 Å². The predicted molar refractivity (Wildman–Crippen MR) is 157 cm³/mol. The summed E-state index contributed by atoms with van der Waals surface area (Å²) < 4.78 is 6.59. The topological polar surface area (TPSA) is 108 Å². The number of fused-ring (bicyclic) bond motifs is 1. The Kier molecular flexibility index (Phi) is 7.68. The average molecular weight is 619 g/mol. The molecule has 3 aromatic carbocycles. The van der Waals surface area contributed by atoms with Crippen LogP contribution in [0.1, 0.15) is 17.5 Å². The van der Waals surface area contributed by atoms with E-state index in [4.69, 9.17) is 4.74 Å². The number of nitrogens with one attached hydrogen (secondary N) is 2. The van der Waals surface area contributed by atoms with Gasteiger partial charge in [0, 0.05) is 17.1 Å². The molecule has 0 radical (unpaired) electrons. The van der Waals surface area contributed by atoms with Crippen LogP contribution in [0.15, 0.2) is 91.0 Å². The van der Waals surface area contributed by atoms with Crippen molar-refractivity contribution in [2.75, 3.05) is 11.9 Å². The monoisotopic (exact) mass is 617 g/mol. The zero-order valence-corrected chi connectivity index (χ0v) is 23.9. The average Bonchev–Trinajstić information content (AvgIpc) is 3.59. The lowest BCUT2D eigenvalue weighted by Crippen LogP contribution is -2.58. The summed E-state index contributed by atoms with van der Waals surface area (Å²) in [5.41, 5.74) is 1.26. The number of anilines is 1. The summed E-state index contributed by atoms with van der Waals surface area (Å²) in [5, 5.41) is 16.5. The Labute approximate surface area is 247 Å². The number of carbonyl (C=O) groups excluding carboxylic acids is 3. The third-order valence-electron chi connectivity index (χ3n) is 8.55. The SMILES string of the molecule is O=C(NCc1ccccc1)C1N([C@@H](CO)Cc2ccccc2)C(=O)[C@@H]2[C@@H](C(=O)Nc3ccccc3)[C@@H]3OC12CC3Br. The van der Waals surface area contributed by atoms with Crippen molar-refractivity contribution in [3.8, 4) is 0 Å². The molecule has 6 rings (SSSR count). The van der Waals surface area contributed by atoms with Crippen LogP contribution < -0.4 is 10.6 Å². The highest BCUT2D eigenvalue weighted by Crippen LogP contribution is 2.60. The first-order valence-corrected chi connectivity index (χ1v) is 14.8. The second kappa shape index (κ2) is 11.4. The number of alkyl halides is 1. The minimum Gasteiger partial charge on any atom is -0.394 e. The number of hydrogen-bond donors (Lipinski definition) is 3. The number of benzene rings is 3. The maximum atomic E-state index is 14.4. The molecule has 3 fully saturated rings. The first-order valence-electron chi connectivity index (χ1n) is 13.9. The van der Waals surface area contributed by atoms with Crippen LogP contribution in [0, 0.1) is 11.8 Å². The quantitative estimate of drug-likeness (QED) is 0.319. The third kappa shape index (κ3) is 4.96. The van der Waals surface area contributed by atoms with Crippen LogP contribution in [-0.4, -0.2) is 63.0 Å². The molecule has 3 amide bonds. The molecule has 3 aliphatic rings. The van der Waals surface area contributed by atoms with E-state index in [1.807, 2.05) is 78.9 Å². The molecule has 3 heterocycles. The summed E-state index contributed by atoms with van der Waals surface area (Å²) in [4.78, 5) is 43.5. The summed E-state index contributed by atoms with van der Waals surface area (Å²) in [7, 11) is 0. The highest BCUT2D eigenvalue weighted by Gasteiger charge is 2.77. The van der Waals surface area contributed by atoms with E-state index in [-0.39, 0.29) is 35.7 Å². The largest absolute Gasteiger partial charge is 0.394 e. The summed E-state index contributed by atoms with van der Waals surface area (Å²) >= 11 is 3.70. The summed E-state index contributed by atoms with van der Waals surface area (Å²) in [6.07, 6.45) is 0.184. The fourth-order valence-corrected chi connectivity index (χ4v) is 7.77. The maximum Gasteiger partial charge on any atom is 0.246 e. The van der Waals surface area contributed by atoms with Crippen LogP contribution in [0.25, 0.3) is 0 Å². The van der Waals surface area contributed by atoms with E-state index in [2.05, 4.69) is 26.6 Å². The van der Waals surface area contributed by atoms with Gasteiger partial charge in [0.2, 0.25) is 17.7 Å². The normalized spacial score (nSPS) is 28.8. The molecule has 3 aliphatic heterocycles.